The minimum Gasteiger partial charge on any atom is -0.383 e. The first-order chi connectivity index (χ1) is 7.24. The predicted octanol–water partition coefficient (Wildman–Crippen LogP) is 1.05. The average Bonchev–Trinajstić information content (AvgIpc) is 2.70. The third-order valence-electron chi connectivity index (χ3n) is 2.90. The number of nitrogens with one attached hydrogen (secondary N) is 1. The number of hydrogen-bond acceptors (Lipinski definition) is 4. The normalized spacial score (nSPS) is 23.6. The second-order valence-corrected chi connectivity index (χ2v) is 5.46. The molecule has 1 fully saturated rings. The van der Waals surface area contributed by atoms with Crippen LogP contribution in [0.5, 0.6) is 0 Å². The van der Waals surface area contributed by atoms with Gasteiger partial charge in [0.2, 0.25) is 0 Å². The second kappa shape index (κ2) is 7.49. The second-order valence-electron chi connectivity index (χ2n) is 4.31. The summed E-state index contributed by atoms with van der Waals surface area (Å²) in [5, 5.41) is 3.46. The molecule has 0 bridgehead atoms. The molecular formula is C11H24N2OS. The first kappa shape index (κ1) is 13.3. The number of hydrogen-bond donors (Lipinski definition) is 1. The third-order valence-corrected chi connectivity index (χ3v) is 4.05. The van der Waals surface area contributed by atoms with Crippen LogP contribution < -0.4 is 5.32 Å². The van der Waals surface area contributed by atoms with Crippen molar-refractivity contribution in [1.82, 2.24) is 10.2 Å². The summed E-state index contributed by atoms with van der Waals surface area (Å²) in [7, 11) is 3.99. The molecule has 1 aliphatic rings. The Morgan fingerprint density at radius 1 is 1.60 bits per heavy atom. The van der Waals surface area contributed by atoms with E-state index in [2.05, 4.69) is 35.9 Å². The molecule has 1 saturated heterocycles. The molecule has 2 atom stereocenters. The molecule has 15 heavy (non-hydrogen) atoms. The van der Waals surface area contributed by atoms with Crippen molar-refractivity contribution in [3.8, 4) is 0 Å². The number of thioether (sulfide) groups is 1. The van der Waals surface area contributed by atoms with Crippen LogP contribution in [0.2, 0.25) is 0 Å². The number of ether oxygens (including phenoxy) is 1. The van der Waals surface area contributed by atoms with Gasteiger partial charge in [-0.3, -0.25) is 0 Å². The van der Waals surface area contributed by atoms with Crippen molar-refractivity contribution in [3.05, 3.63) is 0 Å². The molecule has 0 amide bonds. The zero-order valence-corrected chi connectivity index (χ0v) is 11.0. The number of methoxy groups -OCH3 is 1. The molecule has 0 aliphatic carbocycles. The van der Waals surface area contributed by atoms with Crippen molar-refractivity contribution >= 4 is 11.8 Å². The van der Waals surface area contributed by atoms with Crippen molar-refractivity contribution in [2.24, 2.45) is 0 Å². The molecule has 0 aromatic carbocycles. The fourth-order valence-corrected chi connectivity index (χ4v) is 3.15. The van der Waals surface area contributed by atoms with Gasteiger partial charge in [-0.25, -0.2) is 0 Å². The van der Waals surface area contributed by atoms with E-state index in [-0.39, 0.29) is 0 Å². The Labute approximate surface area is 97.9 Å². The van der Waals surface area contributed by atoms with Crippen LogP contribution in [-0.4, -0.2) is 62.3 Å². The molecule has 0 saturated carbocycles. The van der Waals surface area contributed by atoms with Crippen LogP contribution in [0.25, 0.3) is 0 Å². The zero-order valence-electron chi connectivity index (χ0n) is 10.2. The van der Waals surface area contributed by atoms with Gasteiger partial charge in [0.05, 0.1) is 6.61 Å². The molecular weight excluding hydrogens is 208 g/mol. The molecule has 1 rings (SSSR count). The molecule has 3 nitrogen and oxygen atoms in total. The summed E-state index contributed by atoms with van der Waals surface area (Å²) in [5.41, 5.74) is 0. The summed E-state index contributed by atoms with van der Waals surface area (Å²) in [6.07, 6.45) is 1.36. The zero-order chi connectivity index (χ0) is 11.1. The summed E-state index contributed by atoms with van der Waals surface area (Å²) in [6.45, 7) is 5.15. The Morgan fingerprint density at radius 3 is 3.00 bits per heavy atom. The van der Waals surface area contributed by atoms with Gasteiger partial charge in [-0.1, -0.05) is 0 Å². The van der Waals surface area contributed by atoms with Crippen molar-refractivity contribution in [3.63, 3.8) is 0 Å². The molecule has 90 valence electrons. The van der Waals surface area contributed by atoms with E-state index in [0.29, 0.717) is 6.04 Å². The third kappa shape index (κ3) is 5.20. The Morgan fingerprint density at radius 2 is 2.40 bits per heavy atom. The number of rotatable bonds is 7. The quantitative estimate of drug-likeness (QED) is 0.709. The standard InChI is InChI=1S/C11H24N2OS/c1-10(8-14-3)12-5-6-13(2)11-4-7-15-9-11/h10-12H,4-9H2,1-3H3. The van der Waals surface area contributed by atoms with Crippen LogP contribution in [-0.2, 0) is 4.74 Å². The lowest BCUT2D eigenvalue weighted by Crippen LogP contribution is -2.40. The van der Waals surface area contributed by atoms with Gasteiger partial charge in [0.25, 0.3) is 0 Å². The summed E-state index contributed by atoms with van der Waals surface area (Å²) < 4.78 is 5.08. The van der Waals surface area contributed by atoms with Crippen LogP contribution in [0, 0.1) is 0 Å². The highest BCUT2D eigenvalue weighted by atomic mass is 32.2. The van der Waals surface area contributed by atoms with Crippen LogP contribution in [0.1, 0.15) is 13.3 Å². The van der Waals surface area contributed by atoms with Gasteiger partial charge < -0.3 is 15.0 Å². The Bertz CT molecular complexity index is 163. The average molecular weight is 232 g/mol. The lowest BCUT2D eigenvalue weighted by molar-refractivity contribution is 0.168. The highest BCUT2D eigenvalue weighted by Crippen LogP contribution is 2.20. The van der Waals surface area contributed by atoms with Crippen molar-refractivity contribution < 1.29 is 4.74 Å². The van der Waals surface area contributed by atoms with Gasteiger partial charge in [0.1, 0.15) is 0 Å². The summed E-state index contributed by atoms with van der Waals surface area (Å²) in [6, 6.07) is 1.26. The van der Waals surface area contributed by atoms with E-state index >= 15 is 0 Å². The van der Waals surface area contributed by atoms with E-state index < -0.39 is 0 Å². The van der Waals surface area contributed by atoms with E-state index in [4.69, 9.17) is 4.74 Å². The monoisotopic (exact) mass is 232 g/mol. The molecule has 1 N–H and O–H groups in total. The van der Waals surface area contributed by atoms with Crippen molar-refractivity contribution in [1.29, 1.82) is 0 Å². The van der Waals surface area contributed by atoms with Crippen LogP contribution in [0.3, 0.4) is 0 Å². The molecule has 1 aliphatic heterocycles. The molecule has 2 unspecified atom stereocenters. The Kier molecular flexibility index (Phi) is 6.64. The predicted molar refractivity (Wildman–Crippen MR) is 67.7 cm³/mol. The number of nitrogens with zero attached hydrogens (tertiary/aromatic N) is 1. The molecule has 0 aromatic heterocycles. The number of likely N-dealkylation sites (N-methyl/N-ethyl adjacent to an activating group) is 1. The topological polar surface area (TPSA) is 24.5 Å². The van der Waals surface area contributed by atoms with Gasteiger partial charge in [-0.05, 0) is 26.1 Å². The molecule has 0 aromatic rings. The lowest BCUT2D eigenvalue weighted by atomic mass is 10.2. The SMILES string of the molecule is COCC(C)NCCN(C)C1CCSC1. The van der Waals surface area contributed by atoms with Gasteiger partial charge in [0.15, 0.2) is 0 Å². The molecule has 0 spiro atoms. The van der Waals surface area contributed by atoms with Crippen LogP contribution >= 0.6 is 11.8 Å². The minimum atomic E-state index is 0.460. The maximum absolute atomic E-state index is 5.08. The maximum atomic E-state index is 5.08. The van der Waals surface area contributed by atoms with Gasteiger partial charge in [-0.15, -0.1) is 0 Å². The Balaban J connectivity index is 2.03. The minimum absolute atomic E-state index is 0.460. The van der Waals surface area contributed by atoms with Crippen molar-refractivity contribution in [2.75, 3.05) is 45.4 Å². The van der Waals surface area contributed by atoms with Gasteiger partial charge in [-0.2, -0.15) is 11.8 Å². The lowest BCUT2D eigenvalue weighted by Gasteiger charge is -2.24. The van der Waals surface area contributed by atoms with Crippen LogP contribution in [0.15, 0.2) is 0 Å². The van der Waals surface area contributed by atoms with Crippen molar-refractivity contribution in [2.45, 2.75) is 25.4 Å². The van der Waals surface area contributed by atoms with Crippen LogP contribution in [0.4, 0.5) is 0 Å². The fourth-order valence-electron chi connectivity index (χ4n) is 1.85. The first-order valence-electron chi connectivity index (χ1n) is 5.74. The largest absolute Gasteiger partial charge is 0.383 e. The van der Waals surface area contributed by atoms with E-state index in [9.17, 15) is 0 Å². The fraction of sp³-hybridized carbons (Fsp3) is 1.00. The summed E-state index contributed by atoms with van der Waals surface area (Å²) in [4.78, 5) is 2.48. The summed E-state index contributed by atoms with van der Waals surface area (Å²) >= 11 is 2.08. The maximum Gasteiger partial charge on any atom is 0.0613 e. The smallest absolute Gasteiger partial charge is 0.0613 e. The van der Waals surface area contributed by atoms with E-state index in [0.717, 1.165) is 25.7 Å². The van der Waals surface area contributed by atoms with E-state index in [1.165, 1.54) is 17.9 Å². The first-order valence-corrected chi connectivity index (χ1v) is 6.89. The molecule has 4 heteroatoms. The highest BCUT2D eigenvalue weighted by molar-refractivity contribution is 7.99. The van der Waals surface area contributed by atoms with Gasteiger partial charge >= 0.3 is 0 Å². The Hall–Kier alpha value is 0.230. The highest BCUT2D eigenvalue weighted by Gasteiger charge is 2.19. The van der Waals surface area contributed by atoms with E-state index in [1.807, 2.05) is 0 Å². The van der Waals surface area contributed by atoms with Gasteiger partial charge in [0, 0.05) is 38.0 Å². The molecule has 0 radical (unpaired) electrons. The van der Waals surface area contributed by atoms with E-state index in [1.54, 1.807) is 7.11 Å². The molecule has 1 heterocycles. The summed E-state index contributed by atoms with van der Waals surface area (Å²) in [5.74, 6) is 2.65.